The quantitative estimate of drug-likeness (QED) is 0.433. The van der Waals surface area contributed by atoms with Crippen LogP contribution in [0.25, 0.3) is 0 Å². The van der Waals surface area contributed by atoms with Gasteiger partial charge in [-0.25, -0.2) is 0 Å². The molecule has 0 unspecified atom stereocenters. The van der Waals surface area contributed by atoms with Crippen LogP contribution in [0.1, 0.15) is 57.2 Å². The molecule has 146 valence electrons. The van der Waals surface area contributed by atoms with E-state index in [0.717, 1.165) is 57.1 Å². The van der Waals surface area contributed by atoms with Crippen molar-refractivity contribution in [1.29, 1.82) is 0 Å². The van der Waals surface area contributed by atoms with Gasteiger partial charge >= 0.3 is 0 Å². The van der Waals surface area contributed by atoms with E-state index in [0.29, 0.717) is 18.2 Å². The van der Waals surface area contributed by atoms with Gasteiger partial charge in [0.1, 0.15) is 0 Å². The minimum Gasteiger partial charge on any atom is -0.359 e. The first-order valence-electron chi connectivity index (χ1n) is 9.52. The maximum atomic E-state index is 11.5. The number of hydrogen-bond acceptors (Lipinski definition) is 5. The molecule has 8 nitrogen and oxygen atoms in total. The Morgan fingerprint density at radius 2 is 2.12 bits per heavy atom. The Bertz CT molecular complexity index is 590. The maximum Gasteiger partial charge on any atom is 0.226 e. The Labute approximate surface area is 155 Å². The summed E-state index contributed by atoms with van der Waals surface area (Å²) in [7, 11) is 3.51. The van der Waals surface area contributed by atoms with E-state index in [1.807, 2.05) is 7.05 Å². The lowest BCUT2D eigenvalue weighted by Crippen LogP contribution is -2.46. The third-order valence-corrected chi connectivity index (χ3v) is 4.73. The summed E-state index contributed by atoms with van der Waals surface area (Å²) in [6, 6.07) is 0. The first-order chi connectivity index (χ1) is 12.5. The molecule has 2 N–H and O–H groups in total. The normalized spacial score (nSPS) is 16.2. The molecule has 0 aliphatic carbocycles. The van der Waals surface area contributed by atoms with Crippen LogP contribution in [0.3, 0.4) is 0 Å². The van der Waals surface area contributed by atoms with Crippen LogP contribution < -0.4 is 10.6 Å². The van der Waals surface area contributed by atoms with Crippen molar-refractivity contribution in [3.8, 4) is 0 Å². The van der Waals surface area contributed by atoms with Crippen LogP contribution in [0.4, 0.5) is 0 Å². The molecule has 0 spiro atoms. The van der Waals surface area contributed by atoms with Crippen molar-refractivity contribution in [2.75, 3.05) is 33.7 Å². The molecule has 0 aromatic carbocycles. The van der Waals surface area contributed by atoms with Crippen molar-refractivity contribution < 1.29 is 9.32 Å². The van der Waals surface area contributed by atoms with Crippen molar-refractivity contribution in [1.82, 2.24) is 25.7 Å². The summed E-state index contributed by atoms with van der Waals surface area (Å²) in [4.78, 5) is 22.6. The average Bonchev–Trinajstić information content (AvgIpc) is 3.12. The smallest absolute Gasteiger partial charge is 0.226 e. The molecule has 1 aliphatic heterocycles. The van der Waals surface area contributed by atoms with Crippen LogP contribution in [-0.2, 0) is 11.2 Å². The maximum absolute atomic E-state index is 11.5. The number of aromatic nitrogens is 2. The van der Waals surface area contributed by atoms with Crippen molar-refractivity contribution in [3.63, 3.8) is 0 Å². The molecule has 1 amide bonds. The molecule has 8 heteroatoms. The van der Waals surface area contributed by atoms with Crippen LogP contribution in [-0.4, -0.2) is 60.6 Å². The van der Waals surface area contributed by atoms with Crippen LogP contribution in [0, 0.1) is 5.92 Å². The highest BCUT2D eigenvalue weighted by molar-refractivity contribution is 5.80. The number of rotatable bonds is 7. The summed E-state index contributed by atoms with van der Waals surface area (Å²) in [6.07, 6.45) is 4.34. The summed E-state index contributed by atoms with van der Waals surface area (Å²) in [5, 5.41) is 10.1. The first-order valence-corrected chi connectivity index (χ1v) is 9.52. The standard InChI is InChI=1S/C18H32N6O2/c1-13(2)17-22-16(26-23-17)6-5-9-21-18(20-4)24-10-7-14(8-11-24)12-15(25)19-3/h13-14H,5-12H2,1-4H3,(H,19,25)(H,20,21). The minimum atomic E-state index is 0.132. The Balaban J connectivity index is 1.68. The summed E-state index contributed by atoms with van der Waals surface area (Å²) in [5.74, 6) is 3.28. The van der Waals surface area contributed by atoms with Crippen LogP contribution in [0.2, 0.25) is 0 Å². The predicted octanol–water partition coefficient (Wildman–Crippen LogP) is 1.55. The summed E-state index contributed by atoms with van der Waals surface area (Å²) in [5.41, 5.74) is 0. The molecular formula is C18H32N6O2. The second kappa shape index (κ2) is 10.1. The Morgan fingerprint density at radius 3 is 2.69 bits per heavy atom. The van der Waals surface area contributed by atoms with E-state index < -0.39 is 0 Å². The molecule has 0 saturated carbocycles. The molecule has 1 fully saturated rings. The number of amides is 1. The lowest BCUT2D eigenvalue weighted by atomic mass is 9.93. The van der Waals surface area contributed by atoms with Crippen LogP contribution >= 0.6 is 0 Å². The van der Waals surface area contributed by atoms with E-state index >= 15 is 0 Å². The number of hydrogen-bond donors (Lipinski definition) is 2. The number of aryl methyl sites for hydroxylation is 1. The van der Waals surface area contributed by atoms with Crippen molar-refractivity contribution in [2.24, 2.45) is 10.9 Å². The van der Waals surface area contributed by atoms with E-state index in [-0.39, 0.29) is 11.8 Å². The first kappa shape index (κ1) is 20.2. The van der Waals surface area contributed by atoms with Gasteiger partial charge < -0.3 is 20.1 Å². The van der Waals surface area contributed by atoms with Gasteiger partial charge in [-0.1, -0.05) is 19.0 Å². The van der Waals surface area contributed by atoms with E-state index in [9.17, 15) is 4.79 Å². The van der Waals surface area contributed by atoms with Gasteiger partial charge in [-0.3, -0.25) is 9.79 Å². The SMILES string of the molecule is CN=C(NCCCc1nc(C(C)C)no1)N1CCC(CC(=O)NC)CC1. The van der Waals surface area contributed by atoms with Gasteiger partial charge in [0.15, 0.2) is 11.8 Å². The van der Waals surface area contributed by atoms with Gasteiger partial charge in [0, 0.05) is 52.5 Å². The van der Waals surface area contributed by atoms with Crippen LogP contribution in [0.15, 0.2) is 9.52 Å². The van der Waals surface area contributed by atoms with Gasteiger partial charge in [-0.2, -0.15) is 4.98 Å². The summed E-state index contributed by atoms with van der Waals surface area (Å²) < 4.78 is 5.27. The molecule has 1 aliphatic rings. The van der Waals surface area contributed by atoms with E-state index in [4.69, 9.17) is 4.52 Å². The van der Waals surface area contributed by atoms with Gasteiger partial charge in [0.05, 0.1) is 0 Å². The van der Waals surface area contributed by atoms with E-state index in [1.165, 1.54) is 0 Å². The number of likely N-dealkylation sites (tertiary alicyclic amines) is 1. The van der Waals surface area contributed by atoms with E-state index in [2.05, 4.69) is 44.5 Å². The number of nitrogens with zero attached hydrogens (tertiary/aromatic N) is 4. The molecule has 2 heterocycles. The Morgan fingerprint density at radius 1 is 1.38 bits per heavy atom. The zero-order valence-electron chi connectivity index (χ0n) is 16.4. The molecule has 1 aromatic rings. The minimum absolute atomic E-state index is 0.132. The monoisotopic (exact) mass is 364 g/mol. The molecule has 1 saturated heterocycles. The summed E-state index contributed by atoms with van der Waals surface area (Å²) in [6.45, 7) is 6.78. The number of carbonyl (C=O) groups is 1. The fourth-order valence-electron chi connectivity index (χ4n) is 3.09. The highest BCUT2D eigenvalue weighted by Gasteiger charge is 2.22. The van der Waals surface area contributed by atoms with Gasteiger partial charge in [-0.05, 0) is 25.2 Å². The molecule has 1 aromatic heterocycles. The number of carbonyl (C=O) groups excluding carboxylic acids is 1. The van der Waals surface area contributed by atoms with E-state index in [1.54, 1.807) is 7.05 Å². The van der Waals surface area contributed by atoms with Crippen molar-refractivity contribution in [2.45, 2.75) is 51.9 Å². The Kier molecular flexibility index (Phi) is 7.87. The number of nitrogens with one attached hydrogen (secondary N) is 2. The van der Waals surface area contributed by atoms with Crippen LogP contribution in [0.5, 0.6) is 0 Å². The van der Waals surface area contributed by atoms with Gasteiger partial charge in [-0.15, -0.1) is 0 Å². The fourth-order valence-corrected chi connectivity index (χ4v) is 3.09. The fraction of sp³-hybridized carbons (Fsp3) is 0.778. The number of guanidine groups is 1. The number of piperidine rings is 1. The molecule has 0 atom stereocenters. The van der Waals surface area contributed by atoms with Gasteiger partial charge in [0.25, 0.3) is 0 Å². The van der Waals surface area contributed by atoms with Crippen molar-refractivity contribution in [3.05, 3.63) is 11.7 Å². The lowest BCUT2D eigenvalue weighted by molar-refractivity contribution is -0.121. The lowest BCUT2D eigenvalue weighted by Gasteiger charge is -2.34. The average molecular weight is 364 g/mol. The summed E-state index contributed by atoms with van der Waals surface area (Å²) >= 11 is 0. The largest absolute Gasteiger partial charge is 0.359 e. The van der Waals surface area contributed by atoms with Crippen molar-refractivity contribution >= 4 is 11.9 Å². The highest BCUT2D eigenvalue weighted by atomic mass is 16.5. The zero-order chi connectivity index (χ0) is 18.9. The molecule has 0 bridgehead atoms. The predicted molar refractivity (Wildman–Crippen MR) is 101 cm³/mol. The topological polar surface area (TPSA) is 95.7 Å². The molecule has 26 heavy (non-hydrogen) atoms. The number of aliphatic imine (C=N–C) groups is 1. The zero-order valence-corrected chi connectivity index (χ0v) is 16.4. The molecular weight excluding hydrogens is 332 g/mol. The highest BCUT2D eigenvalue weighted by Crippen LogP contribution is 2.20. The second-order valence-electron chi connectivity index (χ2n) is 7.09. The van der Waals surface area contributed by atoms with Gasteiger partial charge in [0.2, 0.25) is 11.8 Å². The second-order valence-corrected chi connectivity index (χ2v) is 7.09. The molecule has 0 radical (unpaired) electrons. The third kappa shape index (κ3) is 6.00. The molecule has 2 rings (SSSR count). The Hall–Kier alpha value is -2.12. The third-order valence-electron chi connectivity index (χ3n) is 4.73.